The third-order valence-corrected chi connectivity index (χ3v) is 2.08. The maximum Gasteiger partial charge on any atom is 0.295 e. The number of methoxy groups -OCH3 is 2. The lowest BCUT2D eigenvalue weighted by molar-refractivity contribution is 0.164. The molecule has 16 heavy (non-hydrogen) atoms. The van der Waals surface area contributed by atoms with Crippen LogP contribution in [-0.4, -0.2) is 37.3 Å². The predicted molar refractivity (Wildman–Crippen MR) is 60.9 cm³/mol. The van der Waals surface area contributed by atoms with E-state index in [0.29, 0.717) is 24.9 Å². The van der Waals surface area contributed by atoms with Crippen molar-refractivity contribution in [3.63, 3.8) is 0 Å². The first-order valence-electron chi connectivity index (χ1n) is 5.03. The first-order chi connectivity index (χ1) is 7.69. The van der Waals surface area contributed by atoms with Gasteiger partial charge in [-0.3, -0.25) is 4.79 Å². The van der Waals surface area contributed by atoms with Crippen molar-refractivity contribution in [1.82, 2.24) is 9.97 Å². The van der Waals surface area contributed by atoms with Crippen LogP contribution in [0.25, 0.3) is 0 Å². The first kappa shape index (κ1) is 12.5. The Kier molecular flexibility index (Phi) is 4.78. The van der Waals surface area contributed by atoms with Crippen molar-refractivity contribution in [3.05, 3.63) is 16.7 Å². The molecular formula is C10H17N3O3. The molecule has 2 N–H and O–H groups in total. The van der Waals surface area contributed by atoms with Crippen LogP contribution in [0.15, 0.2) is 11.1 Å². The summed E-state index contributed by atoms with van der Waals surface area (Å²) in [7, 11) is 3.10. The molecule has 0 aliphatic rings. The Morgan fingerprint density at radius 2 is 2.31 bits per heavy atom. The normalized spacial score (nSPS) is 12.2. The predicted octanol–water partition coefficient (Wildman–Crippen LogP) is 0.473. The SMILES string of the molecule is COCC(C)CNc1nc[nH]c(=O)c1OC. The van der Waals surface area contributed by atoms with Gasteiger partial charge in [0.25, 0.3) is 5.56 Å². The van der Waals surface area contributed by atoms with Gasteiger partial charge < -0.3 is 19.8 Å². The summed E-state index contributed by atoms with van der Waals surface area (Å²) in [5.74, 6) is 0.983. The van der Waals surface area contributed by atoms with Gasteiger partial charge in [0.1, 0.15) is 0 Å². The Bertz CT molecular complexity index is 378. The van der Waals surface area contributed by atoms with Crippen molar-refractivity contribution < 1.29 is 9.47 Å². The highest BCUT2D eigenvalue weighted by molar-refractivity contribution is 5.47. The summed E-state index contributed by atoms with van der Waals surface area (Å²) >= 11 is 0. The Balaban J connectivity index is 2.66. The Hall–Kier alpha value is -1.56. The summed E-state index contributed by atoms with van der Waals surface area (Å²) in [6, 6.07) is 0. The molecule has 6 nitrogen and oxygen atoms in total. The third-order valence-electron chi connectivity index (χ3n) is 2.08. The fourth-order valence-corrected chi connectivity index (χ4v) is 1.32. The molecule has 0 radical (unpaired) electrons. The van der Waals surface area contributed by atoms with Crippen LogP contribution in [0.1, 0.15) is 6.92 Å². The van der Waals surface area contributed by atoms with Crippen LogP contribution in [0.3, 0.4) is 0 Å². The molecule has 0 saturated heterocycles. The highest BCUT2D eigenvalue weighted by Crippen LogP contribution is 2.14. The van der Waals surface area contributed by atoms with Crippen molar-refractivity contribution in [2.45, 2.75) is 6.92 Å². The summed E-state index contributed by atoms with van der Waals surface area (Å²) in [6.45, 7) is 3.36. The van der Waals surface area contributed by atoms with E-state index in [-0.39, 0.29) is 11.3 Å². The lowest BCUT2D eigenvalue weighted by Crippen LogP contribution is -2.19. The molecule has 6 heteroatoms. The number of nitrogens with one attached hydrogen (secondary N) is 2. The van der Waals surface area contributed by atoms with Crippen LogP contribution >= 0.6 is 0 Å². The molecule has 90 valence electrons. The van der Waals surface area contributed by atoms with E-state index in [9.17, 15) is 4.79 Å². The molecule has 0 fully saturated rings. The van der Waals surface area contributed by atoms with E-state index < -0.39 is 0 Å². The molecule has 1 aromatic heterocycles. The zero-order valence-electron chi connectivity index (χ0n) is 9.74. The van der Waals surface area contributed by atoms with E-state index in [1.807, 2.05) is 6.92 Å². The summed E-state index contributed by atoms with van der Waals surface area (Å²) in [5.41, 5.74) is -0.292. The highest BCUT2D eigenvalue weighted by Gasteiger charge is 2.09. The lowest BCUT2D eigenvalue weighted by Gasteiger charge is -2.13. The van der Waals surface area contributed by atoms with Crippen molar-refractivity contribution in [3.8, 4) is 5.75 Å². The number of hydrogen-bond donors (Lipinski definition) is 2. The standard InChI is InChI=1S/C10H17N3O3/c1-7(5-15-2)4-11-9-8(16-3)10(14)13-6-12-9/h6-7H,4-5H2,1-3H3,(H2,11,12,13,14). The van der Waals surface area contributed by atoms with Gasteiger partial charge in [0, 0.05) is 13.7 Å². The molecule has 0 amide bonds. The number of ether oxygens (including phenoxy) is 2. The minimum Gasteiger partial charge on any atom is -0.489 e. The Labute approximate surface area is 94.0 Å². The van der Waals surface area contributed by atoms with Gasteiger partial charge in [-0.05, 0) is 5.92 Å². The molecule has 0 spiro atoms. The summed E-state index contributed by atoms with van der Waals surface area (Å²) in [5, 5.41) is 3.05. The number of anilines is 1. The number of hydrogen-bond acceptors (Lipinski definition) is 5. The second-order valence-corrected chi connectivity index (χ2v) is 3.55. The molecule has 1 unspecified atom stereocenters. The Morgan fingerprint density at radius 3 is 2.94 bits per heavy atom. The first-order valence-corrected chi connectivity index (χ1v) is 5.03. The van der Waals surface area contributed by atoms with Gasteiger partial charge >= 0.3 is 0 Å². The summed E-state index contributed by atoms with van der Waals surface area (Å²) in [4.78, 5) is 17.8. The highest BCUT2D eigenvalue weighted by atomic mass is 16.5. The molecule has 1 heterocycles. The Morgan fingerprint density at radius 1 is 1.56 bits per heavy atom. The van der Waals surface area contributed by atoms with E-state index in [4.69, 9.17) is 9.47 Å². The van der Waals surface area contributed by atoms with E-state index in [1.165, 1.54) is 13.4 Å². The molecule has 0 aromatic carbocycles. The van der Waals surface area contributed by atoms with E-state index in [1.54, 1.807) is 7.11 Å². The second-order valence-electron chi connectivity index (χ2n) is 3.55. The third kappa shape index (κ3) is 3.23. The second kappa shape index (κ2) is 6.12. The molecule has 0 saturated carbocycles. The number of aromatic amines is 1. The lowest BCUT2D eigenvalue weighted by atomic mass is 10.2. The molecule has 1 aromatic rings. The van der Waals surface area contributed by atoms with Gasteiger partial charge in [-0.2, -0.15) is 0 Å². The van der Waals surface area contributed by atoms with Crippen LogP contribution < -0.4 is 15.6 Å². The zero-order chi connectivity index (χ0) is 12.0. The maximum atomic E-state index is 11.4. The van der Waals surface area contributed by atoms with Crippen molar-refractivity contribution >= 4 is 5.82 Å². The van der Waals surface area contributed by atoms with Gasteiger partial charge in [0.15, 0.2) is 5.82 Å². The van der Waals surface area contributed by atoms with Gasteiger partial charge in [-0.1, -0.05) is 6.92 Å². The van der Waals surface area contributed by atoms with Crippen molar-refractivity contribution in [2.24, 2.45) is 5.92 Å². The number of aromatic nitrogens is 2. The average Bonchev–Trinajstić information content (AvgIpc) is 2.27. The molecule has 0 aliphatic heterocycles. The molecular weight excluding hydrogens is 210 g/mol. The van der Waals surface area contributed by atoms with Gasteiger partial charge in [0.2, 0.25) is 5.75 Å². The van der Waals surface area contributed by atoms with E-state index in [2.05, 4.69) is 15.3 Å². The molecule has 0 aliphatic carbocycles. The van der Waals surface area contributed by atoms with Crippen LogP contribution in [0.4, 0.5) is 5.82 Å². The maximum absolute atomic E-state index is 11.4. The van der Waals surface area contributed by atoms with Gasteiger partial charge in [-0.15, -0.1) is 0 Å². The minimum atomic E-state index is -0.292. The van der Waals surface area contributed by atoms with Gasteiger partial charge in [0.05, 0.1) is 20.0 Å². The largest absolute Gasteiger partial charge is 0.489 e. The quantitative estimate of drug-likeness (QED) is 0.739. The molecule has 1 atom stereocenters. The zero-order valence-corrected chi connectivity index (χ0v) is 9.74. The topological polar surface area (TPSA) is 76.2 Å². The van der Waals surface area contributed by atoms with Crippen molar-refractivity contribution in [2.75, 3.05) is 32.7 Å². The fraction of sp³-hybridized carbons (Fsp3) is 0.600. The fourth-order valence-electron chi connectivity index (χ4n) is 1.32. The number of H-pyrrole nitrogens is 1. The summed E-state index contributed by atoms with van der Waals surface area (Å²) < 4.78 is 9.98. The van der Waals surface area contributed by atoms with Crippen LogP contribution in [0.5, 0.6) is 5.75 Å². The van der Waals surface area contributed by atoms with Gasteiger partial charge in [-0.25, -0.2) is 4.98 Å². The average molecular weight is 227 g/mol. The monoisotopic (exact) mass is 227 g/mol. The van der Waals surface area contributed by atoms with Crippen LogP contribution in [-0.2, 0) is 4.74 Å². The van der Waals surface area contributed by atoms with Crippen molar-refractivity contribution in [1.29, 1.82) is 0 Å². The number of nitrogens with zero attached hydrogens (tertiary/aromatic N) is 1. The molecule has 0 bridgehead atoms. The van der Waals surface area contributed by atoms with Crippen LogP contribution in [0, 0.1) is 5.92 Å². The van der Waals surface area contributed by atoms with E-state index in [0.717, 1.165) is 0 Å². The van der Waals surface area contributed by atoms with Crippen LogP contribution in [0.2, 0.25) is 0 Å². The summed E-state index contributed by atoms with van der Waals surface area (Å²) in [6.07, 6.45) is 1.34. The minimum absolute atomic E-state index is 0.201. The molecule has 1 rings (SSSR count). The smallest absolute Gasteiger partial charge is 0.295 e. The number of rotatable bonds is 6. The van der Waals surface area contributed by atoms with E-state index >= 15 is 0 Å².